The van der Waals surface area contributed by atoms with Gasteiger partial charge in [-0.2, -0.15) is 4.98 Å². The summed E-state index contributed by atoms with van der Waals surface area (Å²) in [4.78, 5) is 11.6. The number of halogens is 1. The topological polar surface area (TPSA) is 53.1 Å². The summed E-state index contributed by atoms with van der Waals surface area (Å²) in [6.45, 7) is 1.03. The maximum atomic E-state index is 4.79. The number of nitrogens with zero attached hydrogens (tertiary/aromatic N) is 3. The van der Waals surface area contributed by atoms with Gasteiger partial charge in [-0.05, 0) is 68.5 Å². The first-order valence-corrected chi connectivity index (χ1v) is 11.6. The Hall–Kier alpha value is -2.18. The zero-order valence-electron chi connectivity index (χ0n) is 17.7. The smallest absolute Gasteiger partial charge is 0.225 e. The molecule has 3 aromatic rings. The monoisotopic (exact) mass is 467 g/mol. The molecule has 1 aliphatic rings. The van der Waals surface area contributed by atoms with Gasteiger partial charge >= 0.3 is 0 Å². The minimum atomic E-state index is 0.435. The summed E-state index contributed by atoms with van der Waals surface area (Å²) in [7, 11) is 4.06. The van der Waals surface area contributed by atoms with E-state index < -0.39 is 0 Å². The van der Waals surface area contributed by atoms with Gasteiger partial charge in [0.2, 0.25) is 5.95 Å². The van der Waals surface area contributed by atoms with Crippen LogP contribution in [0.2, 0.25) is 0 Å². The highest BCUT2D eigenvalue weighted by molar-refractivity contribution is 9.10. The van der Waals surface area contributed by atoms with Gasteiger partial charge in [0.15, 0.2) is 0 Å². The Balaban J connectivity index is 1.29. The van der Waals surface area contributed by atoms with Crippen LogP contribution in [-0.4, -0.2) is 42.7 Å². The van der Waals surface area contributed by atoms with Crippen LogP contribution >= 0.6 is 15.9 Å². The van der Waals surface area contributed by atoms with Crippen molar-refractivity contribution >= 4 is 38.6 Å². The standard InChI is InChI=1S/C24H30BrN5/c1-30(2)23-21-8-3-4-9-22(21)28-24(29-23)27-20-12-10-19(11-13-20)26-15-14-17-6-5-7-18(25)16-17/h3-9,16,19-20,26H,10-15H2,1-2H3,(H,27,28,29). The van der Waals surface area contributed by atoms with Crippen LogP contribution in [0.25, 0.3) is 10.9 Å². The molecule has 0 unspecified atom stereocenters. The molecule has 4 rings (SSSR count). The van der Waals surface area contributed by atoms with Crippen LogP contribution < -0.4 is 15.5 Å². The van der Waals surface area contributed by atoms with Crippen molar-refractivity contribution in [1.82, 2.24) is 15.3 Å². The minimum Gasteiger partial charge on any atom is -0.362 e. The van der Waals surface area contributed by atoms with Gasteiger partial charge in [0, 0.05) is 36.0 Å². The lowest BCUT2D eigenvalue weighted by atomic mass is 9.91. The van der Waals surface area contributed by atoms with Crippen LogP contribution in [0.4, 0.5) is 11.8 Å². The Kier molecular flexibility index (Phi) is 6.85. The quantitative estimate of drug-likeness (QED) is 0.511. The van der Waals surface area contributed by atoms with Gasteiger partial charge in [0.25, 0.3) is 0 Å². The van der Waals surface area contributed by atoms with E-state index in [2.05, 4.69) is 67.9 Å². The average Bonchev–Trinajstić information content (AvgIpc) is 2.74. The van der Waals surface area contributed by atoms with Crippen molar-refractivity contribution < 1.29 is 0 Å². The number of aromatic nitrogens is 2. The first-order chi connectivity index (χ1) is 14.6. The molecule has 0 bridgehead atoms. The molecule has 2 N–H and O–H groups in total. The highest BCUT2D eigenvalue weighted by atomic mass is 79.9. The average molecular weight is 468 g/mol. The van der Waals surface area contributed by atoms with Crippen molar-refractivity contribution in [2.24, 2.45) is 0 Å². The van der Waals surface area contributed by atoms with Gasteiger partial charge in [-0.25, -0.2) is 4.98 Å². The zero-order valence-corrected chi connectivity index (χ0v) is 19.3. The second kappa shape index (κ2) is 9.75. The highest BCUT2D eigenvalue weighted by Gasteiger charge is 2.22. The maximum absolute atomic E-state index is 4.79. The van der Waals surface area contributed by atoms with E-state index in [0.717, 1.165) is 52.9 Å². The Labute approximate surface area is 187 Å². The van der Waals surface area contributed by atoms with E-state index in [0.29, 0.717) is 12.1 Å². The summed E-state index contributed by atoms with van der Waals surface area (Å²) in [5, 5.41) is 8.43. The number of hydrogen-bond acceptors (Lipinski definition) is 5. The summed E-state index contributed by atoms with van der Waals surface area (Å²) in [6, 6.07) is 17.8. The molecule has 5 nitrogen and oxygen atoms in total. The molecule has 2 aromatic carbocycles. The van der Waals surface area contributed by atoms with Gasteiger partial charge < -0.3 is 15.5 Å². The summed E-state index contributed by atoms with van der Waals surface area (Å²) < 4.78 is 1.15. The third-order valence-corrected chi connectivity index (χ3v) is 6.30. The molecule has 1 saturated carbocycles. The molecule has 0 radical (unpaired) electrons. The van der Waals surface area contributed by atoms with Gasteiger partial charge in [-0.1, -0.05) is 40.2 Å². The Morgan fingerprint density at radius 3 is 2.50 bits per heavy atom. The van der Waals surface area contributed by atoms with Crippen LogP contribution in [0.5, 0.6) is 0 Å². The number of para-hydroxylation sites is 1. The van der Waals surface area contributed by atoms with E-state index in [9.17, 15) is 0 Å². The first-order valence-electron chi connectivity index (χ1n) is 10.8. The Bertz CT molecular complexity index is 982. The number of nitrogens with one attached hydrogen (secondary N) is 2. The predicted octanol–water partition coefficient (Wildman–Crippen LogP) is 5.01. The fraction of sp³-hybridized carbons (Fsp3) is 0.417. The summed E-state index contributed by atoms with van der Waals surface area (Å²) in [6.07, 6.45) is 5.72. The second-order valence-electron chi connectivity index (χ2n) is 8.31. The lowest BCUT2D eigenvalue weighted by molar-refractivity contribution is 0.355. The predicted molar refractivity (Wildman–Crippen MR) is 129 cm³/mol. The van der Waals surface area contributed by atoms with Gasteiger partial charge in [0.1, 0.15) is 5.82 Å². The Morgan fingerprint density at radius 2 is 1.73 bits per heavy atom. The highest BCUT2D eigenvalue weighted by Crippen LogP contribution is 2.26. The lowest BCUT2D eigenvalue weighted by Crippen LogP contribution is -2.38. The van der Waals surface area contributed by atoms with Crippen LogP contribution in [0.15, 0.2) is 53.0 Å². The van der Waals surface area contributed by atoms with Crippen LogP contribution in [-0.2, 0) is 6.42 Å². The largest absolute Gasteiger partial charge is 0.362 e. The molecule has 30 heavy (non-hydrogen) atoms. The zero-order chi connectivity index (χ0) is 20.9. The fourth-order valence-corrected chi connectivity index (χ4v) is 4.65. The number of rotatable bonds is 7. The third-order valence-electron chi connectivity index (χ3n) is 5.80. The molecule has 0 atom stereocenters. The molecule has 1 heterocycles. The molecule has 0 spiro atoms. The molecule has 158 valence electrons. The number of benzene rings is 2. The normalized spacial score (nSPS) is 19.0. The summed E-state index contributed by atoms with van der Waals surface area (Å²) in [5.74, 6) is 1.70. The van der Waals surface area contributed by atoms with Crippen LogP contribution in [0, 0.1) is 0 Å². The number of anilines is 2. The molecule has 0 aliphatic heterocycles. The third kappa shape index (κ3) is 5.29. The Morgan fingerprint density at radius 1 is 0.967 bits per heavy atom. The van der Waals surface area contributed by atoms with Crippen LogP contribution in [0.1, 0.15) is 31.2 Å². The minimum absolute atomic E-state index is 0.435. The van der Waals surface area contributed by atoms with E-state index in [1.165, 1.54) is 18.4 Å². The molecule has 0 amide bonds. The lowest BCUT2D eigenvalue weighted by Gasteiger charge is -2.30. The van der Waals surface area contributed by atoms with Crippen molar-refractivity contribution in [3.8, 4) is 0 Å². The van der Waals surface area contributed by atoms with E-state index in [4.69, 9.17) is 9.97 Å². The number of fused-ring (bicyclic) bond motifs is 1. The van der Waals surface area contributed by atoms with Gasteiger partial charge in [0.05, 0.1) is 5.52 Å². The summed E-state index contributed by atoms with van der Waals surface area (Å²) in [5.41, 5.74) is 2.36. The van der Waals surface area contributed by atoms with E-state index >= 15 is 0 Å². The fourth-order valence-electron chi connectivity index (χ4n) is 4.20. The molecule has 0 saturated heterocycles. The summed E-state index contributed by atoms with van der Waals surface area (Å²) >= 11 is 3.55. The maximum Gasteiger partial charge on any atom is 0.225 e. The van der Waals surface area contributed by atoms with Crippen molar-refractivity contribution in [1.29, 1.82) is 0 Å². The molecule has 1 aliphatic carbocycles. The second-order valence-corrected chi connectivity index (χ2v) is 9.23. The van der Waals surface area contributed by atoms with Crippen molar-refractivity contribution in [2.45, 2.75) is 44.2 Å². The first kappa shape index (κ1) is 21.1. The molecule has 6 heteroatoms. The van der Waals surface area contributed by atoms with Crippen molar-refractivity contribution in [3.05, 3.63) is 58.6 Å². The van der Waals surface area contributed by atoms with Gasteiger partial charge in [-0.15, -0.1) is 0 Å². The van der Waals surface area contributed by atoms with Crippen LogP contribution in [0.3, 0.4) is 0 Å². The van der Waals surface area contributed by atoms with Crippen molar-refractivity contribution in [2.75, 3.05) is 30.9 Å². The number of hydrogen-bond donors (Lipinski definition) is 2. The SMILES string of the molecule is CN(C)c1nc(NC2CCC(NCCc3cccc(Br)c3)CC2)nc2ccccc12. The molecular formula is C24H30BrN5. The van der Waals surface area contributed by atoms with Gasteiger partial charge in [-0.3, -0.25) is 0 Å². The molecule has 1 aromatic heterocycles. The molecular weight excluding hydrogens is 438 g/mol. The van der Waals surface area contributed by atoms with E-state index in [-0.39, 0.29) is 0 Å². The molecule has 1 fully saturated rings. The van der Waals surface area contributed by atoms with E-state index in [1.807, 2.05) is 26.2 Å². The van der Waals surface area contributed by atoms with E-state index in [1.54, 1.807) is 0 Å². The van der Waals surface area contributed by atoms with Crippen molar-refractivity contribution in [3.63, 3.8) is 0 Å².